The molecule has 8 nitrogen and oxygen atoms in total. The lowest BCUT2D eigenvalue weighted by molar-refractivity contribution is -0.142. The molecule has 1 heterocycles. The number of hydrogen-bond acceptors (Lipinski definition) is 5. The number of carbonyl (C=O) groups excluding carboxylic acids is 4. The van der Waals surface area contributed by atoms with Gasteiger partial charge in [-0.25, -0.2) is 0 Å². The van der Waals surface area contributed by atoms with Crippen molar-refractivity contribution in [3.8, 4) is 0 Å². The second-order valence-electron chi connectivity index (χ2n) is 11.6. The van der Waals surface area contributed by atoms with Gasteiger partial charge in [0.05, 0.1) is 0 Å². The number of Topliss-reactive ketones (excluding diaryl/α,β-unsaturated/α-hetero) is 1. The Morgan fingerprint density at radius 2 is 1.64 bits per heavy atom. The Bertz CT molecular complexity index is 1480. The molecule has 0 spiro atoms. The molecular formula is C35H41ClN4O4. The molecule has 4 rings (SSSR count). The SMILES string of the molecule is Cc1cc(NC(=O)[C@H](CCCNC(C)C)NC(=O)[C@@H]2Cc3ccccc3CN2C(=O)CCC(=O)c2ccccc2)ccc1Cl. The quantitative estimate of drug-likeness (QED) is 0.174. The van der Waals surface area contributed by atoms with Crippen LogP contribution in [0.1, 0.15) is 66.6 Å². The van der Waals surface area contributed by atoms with Crippen molar-refractivity contribution >= 4 is 40.8 Å². The smallest absolute Gasteiger partial charge is 0.246 e. The maximum atomic E-state index is 13.9. The molecule has 0 saturated carbocycles. The monoisotopic (exact) mass is 616 g/mol. The van der Waals surface area contributed by atoms with Gasteiger partial charge in [0.1, 0.15) is 12.1 Å². The molecule has 1 aliphatic heterocycles. The van der Waals surface area contributed by atoms with Crippen molar-refractivity contribution in [2.24, 2.45) is 0 Å². The summed E-state index contributed by atoms with van der Waals surface area (Å²) in [5.74, 6) is -1.14. The zero-order valence-corrected chi connectivity index (χ0v) is 26.3. The molecular weight excluding hydrogens is 576 g/mol. The van der Waals surface area contributed by atoms with Crippen molar-refractivity contribution in [2.45, 2.75) is 77.5 Å². The lowest BCUT2D eigenvalue weighted by Crippen LogP contribution is -2.56. The summed E-state index contributed by atoms with van der Waals surface area (Å²) in [5.41, 5.74) is 3.91. The summed E-state index contributed by atoms with van der Waals surface area (Å²) in [5, 5.41) is 9.82. The molecule has 44 heavy (non-hydrogen) atoms. The molecule has 9 heteroatoms. The molecule has 0 radical (unpaired) electrons. The molecule has 1 aliphatic rings. The fourth-order valence-electron chi connectivity index (χ4n) is 5.34. The number of carbonyl (C=O) groups is 4. The van der Waals surface area contributed by atoms with Crippen LogP contribution in [0.15, 0.2) is 72.8 Å². The van der Waals surface area contributed by atoms with Crippen molar-refractivity contribution in [1.82, 2.24) is 15.5 Å². The van der Waals surface area contributed by atoms with E-state index in [1.54, 1.807) is 47.4 Å². The van der Waals surface area contributed by atoms with Gasteiger partial charge in [-0.1, -0.05) is 80.0 Å². The van der Waals surface area contributed by atoms with E-state index in [1.165, 1.54) is 0 Å². The number of anilines is 1. The van der Waals surface area contributed by atoms with E-state index in [4.69, 9.17) is 11.6 Å². The summed E-state index contributed by atoms with van der Waals surface area (Å²) in [7, 11) is 0. The molecule has 3 amide bonds. The van der Waals surface area contributed by atoms with Gasteiger partial charge in [-0.15, -0.1) is 0 Å². The molecule has 0 aromatic heterocycles. The second kappa shape index (κ2) is 15.6. The topological polar surface area (TPSA) is 108 Å². The number of benzene rings is 3. The number of nitrogens with zero attached hydrogens (tertiary/aromatic N) is 1. The zero-order chi connectivity index (χ0) is 31.6. The van der Waals surface area contributed by atoms with Gasteiger partial charge in [0.15, 0.2) is 5.78 Å². The molecule has 2 atom stereocenters. The van der Waals surface area contributed by atoms with E-state index in [2.05, 4.69) is 29.8 Å². The van der Waals surface area contributed by atoms with E-state index in [1.807, 2.05) is 37.3 Å². The number of amides is 3. The minimum absolute atomic E-state index is 0.0135. The van der Waals surface area contributed by atoms with Crippen LogP contribution in [0.2, 0.25) is 5.02 Å². The van der Waals surface area contributed by atoms with Crippen molar-refractivity contribution in [1.29, 1.82) is 0 Å². The minimum Gasteiger partial charge on any atom is -0.342 e. The molecule has 0 saturated heterocycles. The van der Waals surface area contributed by atoms with Gasteiger partial charge in [-0.05, 0) is 61.2 Å². The van der Waals surface area contributed by atoms with E-state index < -0.39 is 18.0 Å². The van der Waals surface area contributed by atoms with E-state index in [0.717, 1.165) is 16.7 Å². The van der Waals surface area contributed by atoms with Gasteiger partial charge < -0.3 is 20.9 Å². The van der Waals surface area contributed by atoms with Crippen molar-refractivity contribution in [3.63, 3.8) is 0 Å². The van der Waals surface area contributed by atoms with Crippen molar-refractivity contribution in [2.75, 3.05) is 11.9 Å². The third-order valence-electron chi connectivity index (χ3n) is 7.81. The van der Waals surface area contributed by atoms with Gasteiger partial charge in [0, 0.05) is 48.1 Å². The highest BCUT2D eigenvalue weighted by molar-refractivity contribution is 6.31. The van der Waals surface area contributed by atoms with Crippen LogP contribution in [-0.2, 0) is 27.3 Å². The first-order chi connectivity index (χ1) is 21.1. The number of rotatable bonds is 13. The highest BCUT2D eigenvalue weighted by Gasteiger charge is 2.36. The fraction of sp³-hybridized carbons (Fsp3) is 0.371. The van der Waals surface area contributed by atoms with Crippen LogP contribution >= 0.6 is 11.6 Å². The van der Waals surface area contributed by atoms with E-state index in [0.29, 0.717) is 48.1 Å². The first-order valence-corrected chi connectivity index (χ1v) is 15.6. The molecule has 3 N–H and O–H groups in total. The summed E-state index contributed by atoms with van der Waals surface area (Å²) >= 11 is 6.16. The summed E-state index contributed by atoms with van der Waals surface area (Å²) in [6.45, 7) is 6.90. The van der Waals surface area contributed by atoms with E-state index in [9.17, 15) is 19.2 Å². The van der Waals surface area contributed by atoms with Crippen LogP contribution in [0.25, 0.3) is 0 Å². The Morgan fingerprint density at radius 3 is 2.34 bits per heavy atom. The number of aryl methyl sites for hydroxylation is 1. The Balaban J connectivity index is 1.50. The molecule has 0 unspecified atom stereocenters. The second-order valence-corrected chi connectivity index (χ2v) is 12.0. The largest absolute Gasteiger partial charge is 0.342 e. The predicted octanol–water partition coefficient (Wildman–Crippen LogP) is 5.47. The Labute approximate surface area is 264 Å². The van der Waals surface area contributed by atoms with Crippen LogP contribution in [0, 0.1) is 6.92 Å². The summed E-state index contributed by atoms with van der Waals surface area (Å²) in [6, 6.07) is 20.5. The number of nitrogens with one attached hydrogen (secondary N) is 3. The third-order valence-corrected chi connectivity index (χ3v) is 8.24. The number of ketones is 1. The van der Waals surface area contributed by atoms with Crippen molar-refractivity contribution < 1.29 is 19.2 Å². The normalized spacial score (nSPS) is 14.9. The zero-order valence-electron chi connectivity index (χ0n) is 25.6. The highest BCUT2D eigenvalue weighted by atomic mass is 35.5. The summed E-state index contributed by atoms with van der Waals surface area (Å²) in [6.07, 6.45) is 1.42. The van der Waals surface area contributed by atoms with Gasteiger partial charge in [0.2, 0.25) is 17.7 Å². The standard InChI is InChI=1S/C35H41ClN4O4/c1-23(2)37-19-9-14-30(34(43)38-28-15-16-29(36)24(3)20-28)39-35(44)31-21-26-12-7-8-13-27(26)22-40(31)33(42)18-17-32(41)25-10-5-4-6-11-25/h4-8,10-13,15-16,20,23,30-31,37H,9,14,17-19,21-22H2,1-3H3,(H,38,43)(H,39,44)/t30-,31-/m0/s1. The molecule has 0 aliphatic carbocycles. The number of hydrogen-bond donors (Lipinski definition) is 3. The average molecular weight is 617 g/mol. The van der Waals surface area contributed by atoms with Crippen molar-refractivity contribution in [3.05, 3.63) is 100 Å². The van der Waals surface area contributed by atoms with Gasteiger partial charge in [0.25, 0.3) is 0 Å². The van der Waals surface area contributed by atoms with Crippen LogP contribution in [0.4, 0.5) is 5.69 Å². The average Bonchev–Trinajstić information content (AvgIpc) is 3.02. The Morgan fingerprint density at radius 1 is 0.932 bits per heavy atom. The lowest BCUT2D eigenvalue weighted by Gasteiger charge is -2.37. The van der Waals surface area contributed by atoms with E-state index in [-0.39, 0.29) is 37.0 Å². The van der Waals surface area contributed by atoms with Crippen LogP contribution in [-0.4, -0.2) is 53.1 Å². The van der Waals surface area contributed by atoms with Crippen LogP contribution in [0.5, 0.6) is 0 Å². The first-order valence-electron chi connectivity index (χ1n) is 15.2. The first kappa shape index (κ1) is 32.9. The number of fused-ring (bicyclic) bond motifs is 1. The molecule has 3 aromatic rings. The fourth-order valence-corrected chi connectivity index (χ4v) is 5.45. The van der Waals surface area contributed by atoms with Crippen LogP contribution in [0.3, 0.4) is 0 Å². The molecule has 3 aromatic carbocycles. The maximum absolute atomic E-state index is 13.9. The third kappa shape index (κ3) is 9.00. The number of halogens is 1. The highest BCUT2D eigenvalue weighted by Crippen LogP contribution is 2.25. The van der Waals surface area contributed by atoms with Gasteiger partial charge >= 0.3 is 0 Å². The van der Waals surface area contributed by atoms with Gasteiger partial charge in [-0.3, -0.25) is 19.2 Å². The van der Waals surface area contributed by atoms with Gasteiger partial charge in [-0.2, -0.15) is 0 Å². The van der Waals surface area contributed by atoms with Crippen LogP contribution < -0.4 is 16.0 Å². The molecule has 0 fully saturated rings. The Hall–Kier alpha value is -4.01. The lowest BCUT2D eigenvalue weighted by atomic mass is 9.92. The molecule has 0 bridgehead atoms. The minimum atomic E-state index is -0.818. The maximum Gasteiger partial charge on any atom is 0.246 e. The summed E-state index contributed by atoms with van der Waals surface area (Å²) < 4.78 is 0. The van der Waals surface area contributed by atoms with E-state index >= 15 is 0 Å². The summed E-state index contributed by atoms with van der Waals surface area (Å²) in [4.78, 5) is 55.2. The Kier molecular flexibility index (Phi) is 11.7. The predicted molar refractivity (Wildman–Crippen MR) is 174 cm³/mol. The molecule has 232 valence electrons.